The highest BCUT2D eigenvalue weighted by Gasteiger charge is 2.32. The van der Waals surface area contributed by atoms with Gasteiger partial charge in [-0.2, -0.15) is 9.97 Å². The van der Waals surface area contributed by atoms with Crippen LogP contribution < -0.4 is 9.64 Å². The zero-order chi connectivity index (χ0) is 27.8. The van der Waals surface area contributed by atoms with Gasteiger partial charge in [0, 0.05) is 54.6 Å². The lowest BCUT2D eigenvalue weighted by Crippen LogP contribution is -2.49. The molecule has 210 valence electrons. The minimum Gasteiger partial charge on any atom is -0.462 e. The second kappa shape index (κ2) is 11.3. The van der Waals surface area contributed by atoms with E-state index in [0.29, 0.717) is 62.9 Å². The number of ether oxygens (including phenoxy) is 2. The Morgan fingerprint density at radius 2 is 1.93 bits per heavy atom. The number of piperazine rings is 1. The summed E-state index contributed by atoms with van der Waals surface area (Å²) >= 11 is 6.63. The lowest BCUT2D eigenvalue weighted by molar-refractivity contribution is -0.128. The van der Waals surface area contributed by atoms with Crippen molar-refractivity contribution in [1.29, 1.82) is 0 Å². The van der Waals surface area contributed by atoms with Crippen molar-refractivity contribution in [3.05, 3.63) is 70.6 Å². The van der Waals surface area contributed by atoms with Gasteiger partial charge in [-0.25, -0.2) is 4.39 Å². The minimum atomic E-state index is -0.937. The van der Waals surface area contributed by atoms with Crippen molar-refractivity contribution >= 4 is 34.1 Å². The number of carbonyl (C=O) groups excluding carboxylic acids is 1. The number of carbonyl (C=O) groups is 1. The summed E-state index contributed by atoms with van der Waals surface area (Å²) in [6.07, 6.45) is 2.57. The lowest BCUT2D eigenvalue weighted by atomic mass is 9.94. The third-order valence-electron chi connectivity index (χ3n) is 8.27. The number of halogens is 2. The summed E-state index contributed by atoms with van der Waals surface area (Å²) < 4.78 is 26.1. The summed E-state index contributed by atoms with van der Waals surface area (Å²) in [6, 6.07) is 12.7. The van der Waals surface area contributed by atoms with Crippen molar-refractivity contribution in [1.82, 2.24) is 19.8 Å². The molecule has 0 bridgehead atoms. The first-order valence-corrected chi connectivity index (χ1v) is 14.2. The molecule has 2 fully saturated rings. The van der Waals surface area contributed by atoms with Crippen LogP contribution in [0.3, 0.4) is 0 Å². The van der Waals surface area contributed by atoms with Gasteiger partial charge < -0.3 is 24.2 Å². The molecule has 2 aromatic carbocycles. The maximum Gasteiger partial charge on any atom is 0.318 e. The van der Waals surface area contributed by atoms with Crippen LogP contribution in [-0.4, -0.2) is 78.1 Å². The molecule has 8 nitrogen and oxygen atoms in total. The van der Waals surface area contributed by atoms with E-state index in [4.69, 9.17) is 31.0 Å². The Balaban J connectivity index is 1.30. The van der Waals surface area contributed by atoms with Gasteiger partial charge in [0.25, 0.3) is 5.91 Å². The van der Waals surface area contributed by atoms with Crippen LogP contribution in [0.2, 0.25) is 5.02 Å². The van der Waals surface area contributed by atoms with E-state index in [2.05, 4.69) is 41.6 Å². The number of fused-ring (bicyclic) bond motifs is 2. The van der Waals surface area contributed by atoms with Gasteiger partial charge in [0.2, 0.25) is 0 Å². The van der Waals surface area contributed by atoms with Gasteiger partial charge in [0.15, 0.2) is 5.83 Å². The predicted molar refractivity (Wildman–Crippen MR) is 152 cm³/mol. The van der Waals surface area contributed by atoms with E-state index < -0.39 is 11.7 Å². The Bertz CT molecular complexity index is 1440. The Morgan fingerprint density at radius 3 is 2.65 bits per heavy atom. The summed E-state index contributed by atoms with van der Waals surface area (Å²) in [5, 5.41) is 2.75. The second-order valence-corrected chi connectivity index (χ2v) is 11.1. The van der Waals surface area contributed by atoms with Crippen molar-refractivity contribution in [2.24, 2.45) is 0 Å². The first kappa shape index (κ1) is 26.9. The summed E-state index contributed by atoms with van der Waals surface area (Å²) in [5.41, 5.74) is 2.83. The zero-order valence-corrected chi connectivity index (χ0v) is 23.4. The lowest BCUT2D eigenvalue weighted by Gasteiger charge is -2.37. The highest BCUT2D eigenvalue weighted by molar-refractivity contribution is 6.35. The number of anilines is 1. The van der Waals surface area contributed by atoms with Gasteiger partial charge >= 0.3 is 6.01 Å². The third kappa shape index (κ3) is 5.25. The first-order chi connectivity index (χ1) is 19.4. The average Bonchev–Trinajstić information content (AvgIpc) is 3.39. The van der Waals surface area contributed by atoms with Gasteiger partial charge in [0.1, 0.15) is 12.4 Å². The summed E-state index contributed by atoms with van der Waals surface area (Å²) in [5.74, 6) is -0.845. The largest absolute Gasteiger partial charge is 0.462 e. The number of nitrogens with zero attached hydrogens (tertiary/aromatic N) is 5. The van der Waals surface area contributed by atoms with Crippen LogP contribution in [0.4, 0.5) is 10.2 Å². The average molecular weight is 566 g/mol. The molecular weight excluding hydrogens is 533 g/mol. The molecule has 1 aromatic heterocycles. The van der Waals surface area contributed by atoms with Crippen LogP contribution in [0.25, 0.3) is 10.8 Å². The molecule has 2 saturated heterocycles. The third-order valence-corrected chi connectivity index (χ3v) is 8.58. The molecule has 6 rings (SSSR count). The highest BCUT2D eigenvalue weighted by atomic mass is 35.5. The van der Waals surface area contributed by atoms with Gasteiger partial charge in [-0.05, 0) is 43.5 Å². The number of likely N-dealkylation sites (tertiary alicyclic amines) is 1. The van der Waals surface area contributed by atoms with Crippen LogP contribution in [0.5, 0.6) is 6.01 Å². The number of benzene rings is 2. The Kier molecular flexibility index (Phi) is 7.61. The zero-order valence-electron chi connectivity index (χ0n) is 22.6. The molecule has 2 atom stereocenters. The monoisotopic (exact) mass is 565 g/mol. The first-order valence-electron chi connectivity index (χ1n) is 13.8. The number of likely N-dealkylation sites (N-methyl/N-ethyl adjacent to an activating group) is 1. The summed E-state index contributed by atoms with van der Waals surface area (Å²) in [6.45, 7) is 6.85. The highest BCUT2D eigenvalue weighted by Crippen LogP contribution is 2.39. The minimum absolute atomic E-state index is 0.224. The molecule has 3 aliphatic heterocycles. The number of aromatic nitrogens is 2. The van der Waals surface area contributed by atoms with Crippen LogP contribution in [0, 0.1) is 0 Å². The molecule has 3 aromatic rings. The molecule has 3 aliphatic rings. The smallest absolute Gasteiger partial charge is 0.318 e. The Labute approximate surface area is 238 Å². The second-order valence-electron chi connectivity index (χ2n) is 10.7. The molecular formula is C30H33ClFN5O3. The molecule has 1 amide bonds. The van der Waals surface area contributed by atoms with E-state index in [1.54, 1.807) is 0 Å². The maximum atomic E-state index is 13.5. The van der Waals surface area contributed by atoms with Crippen LogP contribution >= 0.6 is 11.6 Å². The topological polar surface area (TPSA) is 71.0 Å². The molecule has 1 unspecified atom stereocenters. The number of rotatable bonds is 6. The normalized spacial score (nSPS) is 21.5. The molecule has 0 spiro atoms. The standard InChI is InChI=1S/C30H33ClFN5O3/c1-19(32)29(38)37-14-12-36(13-15-37)28-23-18-39-26(22-9-3-6-20-7-4-10-24(31)27(20)22)16-25(23)33-30(34-28)40-17-21-8-5-11-35(21)2/h3-4,6-7,9-10,21,26H,1,5,8,11-18H2,2H3/t21-,26?/m1/s1. The predicted octanol–water partition coefficient (Wildman–Crippen LogP) is 4.70. The van der Waals surface area contributed by atoms with Gasteiger partial charge in [-0.15, -0.1) is 0 Å². The molecule has 0 radical (unpaired) electrons. The molecule has 4 heterocycles. The Hall–Kier alpha value is -3.27. The molecule has 10 heteroatoms. The van der Waals surface area contributed by atoms with E-state index in [1.165, 1.54) is 4.90 Å². The van der Waals surface area contributed by atoms with Crippen molar-refractivity contribution in [2.45, 2.75) is 38.0 Å². The van der Waals surface area contributed by atoms with E-state index in [-0.39, 0.29) is 6.10 Å². The van der Waals surface area contributed by atoms with Crippen molar-refractivity contribution in [3.8, 4) is 6.01 Å². The number of amides is 1. The fourth-order valence-corrected chi connectivity index (χ4v) is 6.29. The van der Waals surface area contributed by atoms with Crippen LogP contribution in [0.15, 0.2) is 48.8 Å². The van der Waals surface area contributed by atoms with Crippen molar-refractivity contribution in [2.75, 3.05) is 51.3 Å². The summed E-state index contributed by atoms with van der Waals surface area (Å²) in [4.78, 5) is 27.7. The van der Waals surface area contributed by atoms with Gasteiger partial charge in [0.05, 0.1) is 18.4 Å². The number of hydrogen-bond acceptors (Lipinski definition) is 7. The van der Waals surface area contributed by atoms with E-state index in [0.717, 1.165) is 52.8 Å². The van der Waals surface area contributed by atoms with Gasteiger partial charge in [-0.3, -0.25) is 4.79 Å². The van der Waals surface area contributed by atoms with E-state index >= 15 is 0 Å². The Morgan fingerprint density at radius 1 is 1.15 bits per heavy atom. The van der Waals surface area contributed by atoms with Gasteiger partial charge in [-0.1, -0.05) is 48.5 Å². The van der Waals surface area contributed by atoms with Crippen molar-refractivity contribution in [3.63, 3.8) is 0 Å². The van der Waals surface area contributed by atoms with E-state index in [1.807, 2.05) is 18.2 Å². The van der Waals surface area contributed by atoms with Crippen LogP contribution in [-0.2, 0) is 22.6 Å². The quantitative estimate of drug-likeness (QED) is 0.401. The SMILES string of the molecule is C=C(F)C(=O)N1CCN(c2nc(OC[C@H]3CCCN3C)nc3c2COC(c2cccc4cccc(Cl)c24)C3)CC1. The maximum absolute atomic E-state index is 13.5. The molecule has 0 saturated carbocycles. The fraction of sp³-hybridized carbons (Fsp3) is 0.433. The van der Waals surface area contributed by atoms with Crippen LogP contribution in [0.1, 0.15) is 35.8 Å². The molecule has 40 heavy (non-hydrogen) atoms. The van der Waals surface area contributed by atoms with E-state index in [9.17, 15) is 9.18 Å². The summed E-state index contributed by atoms with van der Waals surface area (Å²) in [7, 11) is 2.12. The fourth-order valence-electron chi connectivity index (χ4n) is 6.00. The number of hydrogen-bond donors (Lipinski definition) is 0. The molecule has 0 aliphatic carbocycles. The van der Waals surface area contributed by atoms with Crippen molar-refractivity contribution < 1.29 is 18.7 Å². The molecule has 0 N–H and O–H groups in total.